The molecule has 2 N–H and O–H groups in total. The lowest BCUT2D eigenvalue weighted by Crippen LogP contribution is -2.00. The standard InChI is InChI=1S/C14H13F2NOS/c1-19-11-4-2-10(3-5-11)18-14-12(15)6-9(8-17)7-13(14)16/h2-7H,8,17H2,1H3. The van der Waals surface area contributed by atoms with Crippen LogP contribution in [0.4, 0.5) is 8.78 Å². The molecular formula is C14H13F2NOS. The van der Waals surface area contributed by atoms with Crippen LogP contribution in [0.3, 0.4) is 0 Å². The van der Waals surface area contributed by atoms with Gasteiger partial charge in [0.05, 0.1) is 0 Å². The Labute approximate surface area is 114 Å². The molecule has 0 aromatic heterocycles. The van der Waals surface area contributed by atoms with E-state index in [-0.39, 0.29) is 6.54 Å². The van der Waals surface area contributed by atoms with E-state index in [1.807, 2.05) is 18.4 Å². The number of hydrogen-bond donors (Lipinski definition) is 1. The maximum absolute atomic E-state index is 13.7. The van der Waals surface area contributed by atoms with E-state index < -0.39 is 17.4 Å². The van der Waals surface area contributed by atoms with Gasteiger partial charge in [-0.15, -0.1) is 11.8 Å². The minimum absolute atomic E-state index is 0.0799. The summed E-state index contributed by atoms with van der Waals surface area (Å²) < 4.78 is 32.6. The van der Waals surface area contributed by atoms with Crippen molar-refractivity contribution in [3.8, 4) is 11.5 Å². The average molecular weight is 281 g/mol. The topological polar surface area (TPSA) is 35.2 Å². The van der Waals surface area contributed by atoms with E-state index in [9.17, 15) is 8.78 Å². The Balaban J connectivity index is 2.27. The molecule has 0 bridgehead atoms. The van der Waals surface area contributed by atoms with Crippen molar-refractivity contribution in [1.29, 1.82) is 0 Å². The zero-order valence-electron chi connectivity index (χ0n) is 10.3. The summed E-state index contributed by atoms with van der Waals surface area (Å²) in [6, 6.07) is 9.33. The molecule has 0 aliphatic carbocycles. The first-order valence-corrected chi connectivity index (χ1v) is 6.86. The summed E-state index contributed by atoms with van der Waals surface area (Å²) in [4.78, 5) is 1.05. The van der Waals surface area contributed by atoms with Crippen molar-refractivity contribution in [2.45, 2.75) is 11.4 Å². The Morgan fingerprint density at radius 1 is 1.11 bits per heavy atom. The summed E-state index contributed by atoms with van der Waals surface area (Å²) >= 11 is 1.58. The van der Waals surface area contributed by atoms with Crippen molar-refractivity contribution in [3.05, 3.63) is 53.6 Å². The SMILES string of the molecule is CSc1ccc(Oc2c(F)cc(CN)cc2F)cc1. The molecule has 0 radical (unpaired) electrons. The molecule has 2 rings (SSSR count). The largest absolute Gasteiger partial charge is 0.451 e. The van der Waals surface area contributed by atoms with E-state index in [1.54, 1.807) is 23.9 Å². The summed E-state index contributed by atoms with van der Waals surface area (Å²) in [7, 11) is 0. The monoisotopic (exact) mass is 281 g/mol. The first kappa shape index (κ1) is 13.8. The molecule has 0 spiro atoms. The lowest BCUT2D eigenvalue weighted by Gasteiger charge is -2.09. The van der Waals surface area contributed by atoms with Gasteiger partial charge >= 0.3 is 0 Å². The first-order valence-electron chi connectivity index (χ1n) is 5.64. The van der Waals surface area contributed by atoms with Gasteiger partial charge < -0.3 is 10.5 Å². The fraction of sp³-hybridized carbons (Fsp3) is 0.143. The number of benzene rings is 2. The van der Waals surface area contributed by atoms with Gasteiger partial charge in [0.15, 0.2) is 17.4 Å². The Hall–Kier alpha value is -1.59. The molecule has 2 nitrogen and oxygen atoms in total. The van der Waals surface area contributed by atoms with Crippen molar-refractivity contribution in [2.75, 3.05) is 6.26 Å². The van der Waals surface area contributed by atoms with E-state index in [0.717, 1.165) is 4.90 Å². The summed E-state index contributed by atoms with van der Waals surface area (Å²) in [6.07, 6.45) is 1.95. The van der Waals surface area contributed by atoms with E-state index in [1.165, 1.54) is 12.1 Å². The average Bonchev–Trinajstić information content (AvgIpc) is 2.43. The highest BCUT2D eigenvalue weighted by molar-refractivity contribution is 7.98. The van der Waals surface area contributed by atoms with Crippen LogP contribution in [0.25, 0.3) is 0 Å². The summed E-state index contributed by atoms with van der Waals surface area (Å²) in [5, 5.41) is 0. The number of nitrogens with two attached hydrogens (primary N) is 1. The van der Waals surface area contributed by atoms with Gasteiger partial charge in [-0.2, -0.15) is 0 Å². The quantitative estimate of drug-likeness (QED) is 0.862. The lowest BCUT2D eigenvalue weighted by atomic mass is 10.2. The molecule has 0 aliphatic rings. The van der Waals surface area contributed by atoms with Gasteiger partial charge in [0.25, 0.3) is 0 Å². The Bertz CT molecular complexity index is 549. The van der Waals surface area contributed by atoms with Crippen LogP contribution in [0, 0.1) is 11.6 Å². The van der Waals surface area contributed by atoms with E-state index in [0.29, 0.717) is 11.3 Å². The fourth-order valence-electron chi connectivity index (χ4n) is 1.59. The molecule has 100 valence electrons. The highest BCUT2D eigenvalue weighted by Crippen LogP contribution is 2.29. The third-order valence-corrected chi connectivity index (χ3v) is 3.32. The number of halogens is 2. The first-order chi connectivity index (χ1) is 9.13. The Morgan fingerprint density at radius 3 is 2.16 bits per heavy atom. The number of hydrogen-bond acceptors (Lipinski definition) is 3. The Morgan fingerprint density at radius 2 is 1.68 bits per heavy atom. The van der Waals surface area contributed by atoms with Crippen molar-refractivity contribution >= 4 is 11.8 Å². The van der Waals surface area contributed by atoms with Crippen LogP contribution in [-0.2, 0) is 6.54 Å². The van der Waals surface area contributed by atoms with Crippen LogP contribution in [-0.4, -0.2) is 6.26 Å². The maximum Gasteiger partial charge on any atom is 0.198 e. The van der Waals surface area contributed by atoms with Crippen LogP contribution >= 0.6 is 11.8 Å². The van der Waals surface area contributed by atoms with Gasteiger partial charge in [0.2, 0.25) is 0 Å². The van der Waals surface area contributed by atoms with Gasteiger partial charge in [-0.3, -0.25) is 0 Å². The van der Waals surface area contributed by atoms with Crippen LogP contribution in [0.1, 0.15) is 5.56 Å². The molecule has 0 saturated heterocycles. The third kappa shape index (κ3) is 3.24. The smallest absolute Gasteiger partial charge is 0.198 e. The second-order valence-electron chi connectivity index (χ2n) is 3.87. The second-order valence-corrected chi connectivity index (χ2v) is 4.75. The molecule has 0 fully saturated rings. The van der Waals surface area contributed by atoms with E-state index >= 15 is 0 Å². The molecule has 0 saturated carbocycles. The van der Waals surface area contributed by atoms with Gasteiger partial charge in [-0.05, 0) is 48.2 Å². The molecule has 2 aromatic rings. The predicted molar refractivity (Wildman–Crippen MR) is 72.5 cm³/mol. The van der Waals surface area contributed by atoms with Crippen LogP contribution in [0.5, 0.6) is 11.5 Å². The molecule has 0 amide bonds. The summed E-state index contributed by atoms with van der Waals surface area (Å²) in [5.41, 5.74) is 5.73. The van der Waals surface area contributed by atoms with Gasteiger partial charge in [0, 0.05) is 11.4 Å². The van der Waals surface area contributed by atoms with Gasteiger partial charge in [0.1, 0.15) is 5.75 Å². The molecule has 0 heterocycles. The molecule has 0 aliphatic heterocycles. The zero-order chi connectivity index (χ0) is 13.8. The third-order valence-electron chi connectivity index (χ3n) is 2.57. The highest BCUT2D eigenvalue weighted by atomic mass is 32.2. The van der Waals surface area contributed by atoms with Crippen molar-refractivity contribution in [3.63, 3.8) is 0 Å². The van der Waals surface area contributed by atoms with Crippen molar-refractivity contribution < 1.29 is 13.5 Å². The molecule has 2 aromatic carbocycles. The normalized spacial score (nSPS) is 10.5. The molecule has 0 atom stereocenters. The van der Waals surface area contributed by atoms with Crippen LogP contribution in [0.15, 0.2) is 41.3 Å². The number of thioether (sulfide) groups is 1. The zero-order valence-corrected chi connectivity index (χ0v) is 11.1. The second kappa shape index (κ2) is 6.04. The molecule has 0 unspecified atom stereocenters. The maximum atomic E-state index is 13.7. The van der Waals surface area contributed by atoms with Crippen molar-refractivity contribution in [2.24, 2.45) is 5.73 Å². The molecular weight excluding hydrogens is 268 g/mol. The van der Waals surface area contributed by atoms with Crippen LogP contribution < -0.4 is 10.5 Å². The minimum Gasteiger partial charge on any atom is -0.451 e. The molecule has 19 heavy (non-hydrogen) atoms. The molecule has 5 heteroatoms. The van der Waals surface area contributed by atoms with Crippen molar-refractivity contribution in [1.82, 2.24) is 0 Å². The number of ether oxygens (including phenoxy) is 1. The lowest BCUT2D eigenvalue weighted by molar-refractivity contribution is 0.406. The highest BCUT2D eigenvalue weighted by Gasteiger charge is 2.13. The fourth-order valence-corrected chi connectivity index (χ4v) is 2.00. The summed E-state index contributed by atoms with van der Waals surface area (Å²) in [6.45, 7) is 0.0799. The van der Waals surface area contributed by atoms with Crippen LogP contribution in [0.2, 0.25) is 0 Å². The minimum atomic E-state index is -0.755. The predicted octanol–water partition coefficient (Wildman–Crippen LogP) is 3.94. The Kier molecular flexibility index (Phi) is 4.39. The van der Waals surface area contributed by atoms with E-state index in [4.69, 9.17) is 10.5 Å². The number of rotatable bonds is 4. The van der Waals surface area contributed by atoms with Gasteiger partial charge in [-0.25, -0.2) is 8.78 Å². The van der Waals surface area contributed by atoms with E-state index in [2.05, 4.69) is 0 Å². The summed E-state index contributed by atoms with van der Waals surface area (Å²) in [5.74, 6) is -1.53. The van der Waals surface area contributed by atoms with Gasteiger partial charge in [-0.1, -0.05) is 0 Å².